The highest BCUT2D eigenvalue weighted by Crippen LogP contribution is 2.36. The van der Waals surface area contributed by atoms with Crippen LogP contribution in [0, 0.1) is 6.92 Å². The average molecular weight is 436 g/mol. The van der Waals surface area contributed by atoms with Crippen molar-refractivity contribution in [3.05, 3.63) is 78.4 Å². The number of aliphatic hydroxyl groups is 1. The largest absolute Gasteiger partial charge is 0.456 e. The fourth-order valence-electron chi connectivity index (χ4n) is 4.42. The molecular formula is C29H29BO3. The Hall–Kier alpha value is -3.08. The summed E-state index contributed by atoms with van der Waals surface area (Å²) in [5.74, 6) is 0. The standard InChI is InChI=1S/C29H29BO3/c1-18-16-24(30-33-29(4,5)28(2,3)31)20-10-6-7-12-22(20)27(18)19-14-15-26-23(17-19)21-11-8-9-13-25(21)32-26/h6-17,30-31H,1-5H3. The van der Waals surface area contributed by atoms with E-state index < -0.39 is 11.2 Å². The number of furan rings is 1. The smallest absolute Gasteiger partial charge is 0.310 e. The van der Waals surface area contributed by atoms with Crippen molar-refractivity contribution in [2.75, 3.05) is 0 Å². The van der Waals surface area contributed by atoms with Gasteiger partial charge in [0.05, 0.1) is 11.2 Å². The molecule has 0 aliphatic carbocycles. The zero-order valence-corrected chi connectivity index (χ0v) is 19.9. The lowest BCUT2D eigenvalue weighted by Crippen LogP contribution is -2.49. The summed E-state index contributed by atoms with van der Waals surface area (Å²) < 4.78 is 12.3. The minimum Gasteiger partial charge on any atom is -0.456 e. The number of hydrogen-bond donors (Lipinski definition) is 1. The van der Waals surface area contributed by atoms with Crippen molar-refractivity contribution in [2.24, 2.45) is 0 Å². The molecule has 33 heavy (non-hydrogen) atoms. The summed E-state index contributed by atoms with van der Waals surface area (Å²) in [4.78, 5) is 0. The van der Waals surface area contributed by atoms with E-state index in [0.29, 0.717) is 7.48 Å². The third kappa shape index (κ3) is 3.74. The molecule has 4 heteroatoms. The van der Waals surface area contributed by atoms with Crippen LogP contribution in [-0.2, 0) is 4.65 Å². The molecule has 0 unspecified atom stereocenters. The van der Waals surface area contributed by atoms with Crippen LogP contribution in [0.25, 0.3) is 43.8 Å². The molecule has 0 atom stereocenters. The van der Waals surface area contributed by atoms with E-state index in [1.54, 1.807) is 13.8 Å². The number of aryl methyl sites for hydroxylation is 1. The van der Waals surface area contributed by atoms with E-state index in [0.717, 1.165) is 27.4 Å². The molecule has 0 aliphatic heterocycles. The van der Waals surface area contributed by atoms with Gasteiger partial charge in [0.2, 0.25) is 0 Å². The molecule has 0 amide bonds. The molecule has 0 bridgehead atoms. The van der Waals surface area contributed by atoms with Gasteiger partial charge in [-0.1, -0.05) is 54.6 Å². The van der Waals surface area contributed by atoms with Gasteiger partial charge in [-0.2, -0.15) is 0 Å². The summed E-state index contributed by atoms with van der Waals surface area (Å²) >= 11 is 0. The van der Waals surface area contributed by atoms with Gasteiger partial charge in [0.15, 0.2) is 0 Å². The molecule has 0 radical (unpaired) electrons. The third-order valence-electron chi connectivity index (χ3n) is 7.05. The molecule has 0 aliphatic rings. The van der Waals surface area contributed by atoms with Gasteiger partial charge in [-0.25, -0.2) is 0 Å². The van der Waals surface area contributed by atoms with Gasteiger partial charge < -0.3 is 14.2 Å². The molecule has 0 saturated heterocycles. The zero-order chi connectivity index (χ0) is 23.4. The van der Waals surface area contributed by atoms with Gasteiger partial charge in [0.1, 0.15) is 11.2 Å². The molecule has 0 spiro atoms. The number of para-hydroxylation sites is 1. The zero-order valence-electron chi connectivity index (χ0n) is 19.9. The molecule has 5 rings (SSSR count). The molecular weight excluding hydrogens is 407 g/mol. The maximum Gasteiger partial charge on any atom is 0.310 e. The number of rotatable bonds is 5. The van der Waals surface area contributed by atoms with E-state index in [1.165, 1.54) is 27.5 Å². The molecule has 0 fully saturated rings. The van der Waals surface area contributed by atoms with Gasteiger partial charge in [0, 0.05) is 10.8 Å². The first-order valence-corrected chi connectivity index (χ1v) is 11.4. The highest BCUT2D eigenvalue weighted by molar-refractivity contribution is 6.52. The van der Waals surface area contributed by atoms with E-state index in [4.69, 9.17) is 9.07 Å². The topological polar surface area (TPSA) is 42.6 Å². The molecule has 3 nitrogen and oxygen atoms in total. The molecule has 166 valence electrons. The molecule has 1 aromatic heterocycles. The number of fused-ring (bicyclic) bond motifs is 4. The second-order valence-corrected chi connectivity index (χ2v) is 9.94. The van der Waals surface area contributed by atoms with Crippen LogP contribution in [0.5, 0.6) is 0 Å². The summed E-state index contributed by atoms with van der Waals surface area (Å²) in [6.07, 6.45) is 0. The van der Waals surface area contributed by atoms with Crippen LogP contribution in [0.2, 0.25) is 0 Å². The lowest BCUT2D eigenvalue weighted by Gasteiger charge is -2.37. The first-order valence-electron chi connectivity index (χ1n) is 11.4. The quantitative estimate of drug-likeness (QED) is 0.331. The van der Waals surface area contributed by atoms with Crippen LogP contribution in [0.4, 0.5) is 0 Å². The average Bonchev–Trinajstić information content (AvgIpc) is 3.15. The highest BCUT2D eigenvalue weighted by Gasteiger charge is 2.35. The van der Waals surface area contributed by atoms with E-state index in [9.17, 15) is 5.11 Å². The van der Waals surface area contributed by atoms with Gasteiger partial charge in [0.25, 0.3) is 0 Å². The number of benzene rings is 4. The Morgan fingerprint density at radius 1 is 0.758 bits per heavy atom. The monoisotopic (exact) mass is 436 g/mol. The van der Waals surface area contributed by atoms with E-state index in [1.807, 2.05) is 26.0 Å². The maximum atomic E-state index is 10.5. The summed E-state index contributed by atoms with van der Waals surface area (Å²) in [5.41, 5.74) is 4.91. The van der Waals surface area contributed by atoms with Gasteiger partial charge in [-0.3, -0.25) is 0 Å². The fraction of sp³-hybridized carbons (Fsp3) is 0.241. The lowest BCUT2D eigenvalue weighted by molar-refractivity contribution is -0.0893. The predicted molar refractivity (Wildman–Crippen MR) is 140 cm³/mol. The van der Waals surface area contributed by atoms with E-state index in [2.05, 4.69) is 67.6 Å². The van der Waals surface area contributed by atoms with Crippen LogP contribution < -0.4 is 5.46 Å². The Labute approximate surface area is 195 Å². The Morgan fingerprint density at radius 2 is 1.39 bits per heavy atom. The summed E-state index contributed by atoms with van der Waals surface area (Å²) in [5, 5.41) is 15.1. The molecule has 1 heterocycles. The van der Waals surface area contributed by atoms with Gasteiger partial charge >= 0.3 is 7.48 Å². The van der Waals surface area contributed by atoms with Gasteiger partial charge in [-0.05, 0) is 85.7 Å². The lowest BCUT2D eigenvalue weighted by atomic mass is 9.77. The minimum absolute atomic E-state index is 0.435. The van der Waals surface area contributed by atoms with Crippen molar-refractivity contribution in [3.63, 3.8) is 0 Å². The Balaban J connectivity index is 1.64. The highest BCUT2D eigenvalue weighted by atomic mass is 16.5. The second kappa shape index (κ2) is 7.76. The Bertz CT molecular complexity index is 1490. The van der Waals surface area contributed by atoms with Crippen molar-refractivity contribution < 1.29 is 14.2 Å². The molecule has 5 aromatic rings. The first-order chi connectivity index (χ1) is 15.7. The van der Waals surface area contributed by atoms with Crippen LogP contribution in [0.15, 0.2) is 77.2 Å². The molecule has 1 N–H and O–H groups in total. The predicted octanol–water partition coefficient (Wildman–Crippen LogP) is 6.26. The normalized spacial score (nSPS) is 12.7. The SMILES string of the molecule is Cc1cc(BOC(C)(C)C(C)(C)O)c2ccccc2c1-c1ccc2oc3ccccc3c2c1. The Morgan fingerprint density at radius 3 is 2.12 bits per heavy atom. The summed E-state index contributed by atoms with van der Waals surface area (Å²) in [6, 6.07) is 25.3. The fourth-order valence-corrected chi connectivity index (χ4v) is 4.42. The van der Waals surface area contributed by atoms with Gasteiger partial charge in [-0.15, -0.1) is 0 Å². The van der Waals surface area contributed by atoms with E-state index >= 15 is 0 Å². The van der Waals surface area contributed by atoms with Crippen molar-refractivity contribution >= 4 is 45.7 Å². The van der Waals surface area contributed by atoms with Crippen LogP contribution in [-0.4, -0.2) is 23.8 Å². The second-order valence-electron chi connectivity index (χ2n) is 9.94. The van der Waals surface area contributed by atoms with Crippen molar-refractivity contribution in [3.8, 4) is 11.1 Å². The summed E-state index contributed by atoms with van der Waals surface area (Å²) in [7, 11) is 0.435. The minimum atomic E-state index is -0.944. The molecule has 4 aromatic carbocycles. The van der Waals surface area contributed by atoms with Crippen molar-refractivity contribution in [1.82, 2.24) is 0 Å². The van der Waals surface area contributed by atoms with Crippen molar-refractivity contribution in [1.29, 1.82) is 0 Å². The number of hydrogen-bond acceptors (Lipinski definition) is 3. The van der Waals surface area contributed by atoms with Crippen LogP contribution in [0.3, 0.4) is 0 Å². The van der Waals surface area contributed by atoms with Crippen LogP contribution in [0.1, 0.15) is 33.3 Å². The Kier molecular flexibility index (Phi) is 5.11. The van der Waals surface area contributed by atoms with E-state index in [-0.39, 0.29) is 0 Å². The van der Waals surface area contributed by atoms with Crippen molar-refractivity contribution in [2.45, 2.75) is 45.8 Å². The van der Waals surface area contributed by atoms with Crippen LogP contribution >= 0.6 is 0 Å². The first kappa shape index (κ1) is 21.8. The third-order valence-corrected chi connectivity index (χ3v) is 7.05. The molecule has 0 saturated carbocycles. The maximum absolute atomic E-state index is 10.5. The summed E-state index contributed by atoms with van der Waals surface area (Å²) in [6.45, 7) is 9.59.